The summed E-state index contributed by atoms with van der Waals surface area (Å²) in [6.45, 7) is 4.14. The summed E-state index contributed by atoms with van der Waals surface area (Å²) in [5, 5.41) is 4.19. The van der Waals surface area contributed by atoms with Gasteiger partial charge in [0.1, 0.15) is 6.17 Å². The lowest BCUT2D eigenvalue weighted by Crippen LogP contribution is -2.32. The quantitative estimate of drug-likeness (QED) is 0.645. The van der Waals surface area contributed by atoms with Gasteiger partial charge in [-0.1, -0.05) is 35.9 Å². The molecule has 0 spiro atoms. The van der Waals surface area contributed by atoms with Crippen LogP contribution in [0.15, 0.2) is 66.7 Å². The molecule has 0 radical (unpaired) electrons. The predicted octanol–water partition coefficient (Wildman–Crippen LogP) is 5.73. The minimum absolute atomic E-state index is 0.00945. The highest BCUT2D eigenvalue weighted by molar-refractivity contribution is 6.30. The normalized spacial score (nSPS) is 15.9. The van der Waals surface area contributed by atoms with Gasteiger partial charge in [-0.05, 0) is 67.4 Å². The smallest absolute Gasteiger partial charge is 0.260 e. The Balaban J connectivity index is 1.79. The minimum atomic E-state index is -0.263. The molecule has 1 aliphatic rings. The molecule has 1 heterocycles. The summed E-state index contributed by atoms with van der Waals surface area (Å²) < 4.78 is 0. The lowest BCUT2D eigenvalue weighted by Gasteiger charge is -2.27. The summed E-state index contributed by atoms with van der Waals surface area (Å²) in [7, 11) is 0. The van der Waals surface area contributed by atoms with Crippen molar-refractivity contribution in [2.75, 3.05) is 10.2 Å². The van der Waals surface area contributed by atoms with Crippen LogP contribution in [0, 0.1) is 13.8 Å². The predicted molar refractivity (Wildman–Crippen MR) is 107 cm³/mol. The number of nitrogens with zero attached hydrogens (tertiary/aromatic N) is 1. The molecule has 0 aromatic heterocycles. The average Bonchev–Trinajstić information content (AvgIpc) is 2.88. The van der Waals surface area contributed by atoms with E-state index in [1.54, 1.807) is 17.0 Å². The maximum atomic E-state index is 13.1. The second kappa shape index (κ2) is 6.50. The molecular formula is C22H19ClN2O. The van der Waals surface area contributed by atoms with Crippen LogP contribution >= 0.6 is 11.6 Å². The molecule has 26 heavy (non-hydrogen) atoms. The van der Waals surface area contributed by atoms with Crippen molar-refractivity contribution < 1.29 is 4.79 Å². The lowest BCUT2D eigenvalue weighted by atomic mass is 10.1. The van der Waals surface area contributed by atoms with Crippen LogP contribution in [0.25, 0.3) is 0 Å². The molecule has 0 aliphatic carbocycles. The first-order valence-electron chi connectivity index (χ1n) is 8.56. The van der Waals surface area contributed by atoms with Crippen LogP contribution in [0.5, 0.6) is 0 Å². The van der Waals surface area contributed by atoms with E-state index < -0.39 is 0 Å². The number of hydrogen-bond donors (Lipinski definition) is 1. The monoisotopic (exact) mass is 362 g/mol. The van der Waals surface area contributed by atoms with Gasteiger partial charge >= 0.3 is 0 Å². The molecular weight excluding hydrogens is 344 g/mol. The molecule has 130 valence electrons. The molecule has 0 saturated carbocycles. The first-order chi connectivity index (χ1) is 12.5. The van der Waals surface area contributed by atoms with Crippen LogP contribution in [0.4, 0.5) is 11.4 Å². The Bertz CT molecular complexity index is 961. The van der Waals surface area contributed by atoms with E-state index in [1.165, 1.54) is 11.1 Å². The highest BCUT2D eigenvalue weighted by atomic mass is 35.5. The molecule has 3 nitrogen and oxygen atoms in total. The molecule has 1 atom stereocenters. The number of anilines is 2. The number of halogens is 1. The van der Waals surface area contributed by atoms with Gasteiger partial charge in [0.15, 0.2) is 0 Å². The summed E-state index contributed by atoms with van der Waals surface area (Å²) in [6.07, 6.45) is -0.263. The van der Waals surface area contributed by atoms with Crippen molar-refractivity contribution in [3.05, 3.63) is 94.0 Å². The van der Waals surface area contributed by atoms with Gasteiger partial charge in [0.05, 0.1) is 0 Å². The zero-order valence-electron chi connectivity index (χ0n) is 14.7. The van der Waals surface area contributed by atoms with Crippen molar-refractivity contribution in [2.24, 2.45) is 0 Å². The van der Waals surface area contributed by atoms with Gasteiger partial charge in [-0.15, -0.1) is 0 Å². The fraction of sp³-hybridized carbons (Fsp3) is 0.136. The summed E-state index contributed by atoms with van der Waals surface area (Å²) in [5.74, 6) is -0.00945. The maximum Gasteiger partial charge on any atom is 0.260 e. The molecule has 1 N–H and O–H groups in total. The van der Waals surface area contributed by atoms with E-state index in [0.717, 1.165) is 22.5 Å². The number of carbonyl (C=O) groups is 1. The second-order valence-corrected chi connectivity index (χ2v) is 7.10. The fourth-order valence-corrected chi connectivity index (χ4v) is 3.67. The standard InChI is InChI=1S/C22H19ClN2O/c1-14-11-15(2)13-17(12-14)24-21-19-5-3-4-6-20(19)22(26)25(21)18-9-7-16(23)8-10-18/h3-13,21,24H,1-2H3/t21-/m1/s1. The zero-order valence-corrected chi connectivity index (χ0v) is 15.4. The minimum Gasteiger partial charge on any atom is -0.361 e. The Morgan fingerprint density at radius 3 is 2.27 bits per heavy atom. The maximum absolute atomic E-state index is 13.1. The first kappa shape index (κ1) is 16.7. The average molecular weight is 363 g/mol. The number of fused-ring (bicyclic) bond motifs is 1. The Labute approximate surface area is 158 Å². The number of amides is 1. The van der Waals surface area contributed by atoms with E-state index in [-0.39, 0.29) is 12.1 Å². The Morgan fingerprint density at radius 2 is 1.58 bits per heavy atom. The van der Waals surface area contributed by atoms with Gasteiger partial charge in [0.25, 0.3) is 5.91 Å². The third kappa shape index (κ3) is 2.95. The highest BCUT2D eigenvalue weighted by Gasteiger charge is 2.37. The van der Waals surface area contributed by atoms with Crippen LogP contribution in [-0.2, 0) is 0 Å². The van der Waals surface area contributed by atoms with Gasteiger partial charge < -0.3 is 5.32 Å². The third-order valence-corrected chi connectivity index (χ3v) is 4.84. The van der Waals surface area contributed by atoms with Gasteiger partial charge in [-0.25, -0.2) is 0 Å². The first-order valence-corrected chi connectivity index (χ1v) is 8.93. The summed E-state index contributed by atoms with van der Waals surface area (Å²) in [6, 6.07) is 21.4. The molecule has 0 fully saturated rings. The van der Waals surface area contributed by atoms with Crippen LogP contribution in [0.3, 0.4) is 0 Å². The van der Waals surface area contributed by atoms with E-state index in [4.69, 9.17) is 11.6 Å². The molecule has 3 aromatic carbocycles. The van der Waals surface area contributed by atoms with Crippen molar-refractivity contribution in [2.45, 2.75) is 20.0 Å². The molecule has 0 bridgehead atoms. The molecule has 3 aromatic rings. The van der Waals surface area contributed by atoms with Crippen molar-refractivity contribution in [3.8, 4) is 0 Å². The molecule has 4 rings (SSSR count). The summed E-state index contributed by atoms with van der Waals surface area (Å²) in [5.41, 5.74) is 5.88. The summed E-state index contributed by atoms with van der Waals surface area (Å²) >= 11 is 6.03. The van der Waals surface area contributed by atoms with E-state index in [0.29, 0.717) is 5.02 Å². The Kier molecular flexibility index (Phi) is 4.17. The van der Waals surface area contributed by atoms with Crippen LogP contribution in [0.1, 0.15) is 33.2 Å². The lowest BCUT2D eigenvalue weighted by molar-refractivity contribution is 0.0993. The largest absolute Gasteiger partial charge is 0.361 e. The van der Waals surface area contributed by atoms with Crippen LogP contribution < -0.4 is 10.2 Å². The number of rotatable bonds is 3. The fourth-order valence-electron chi connectivity index (χ4n) is 3.54. The zero-order chi connectivity index (χ0) is 18.3. The van der Waals surface area contributed by atoms with Gasteiger partial charge in [-0.3, -0.25) is 9.69 Å². The van der Waals surface area contributed by atoms with Crippen LogP contribution in [0.2, 0.25) is 5.02 Å². The van der Waals surface area contributed by atoms with Crippen molar-refractivity contribution in [1.29, 1.82) is 0 Å². The van der Waals surface area contributed by atoms with E-state index >= 15 is 0 Å². The molecule has 0 unspecified atom stereocenters. The van der Waals surface area contributed by atoms with E-state index in [1.807, 2.05) is 36.4 Å². The van der Waals surface area contributed by atoms with Crippen molar-refractivity contribution >= 4 is 28.9 Å². The Morgan fingerprint density at radius 1 is 0.923 bits per heavy atom. The molecule has 1 amide bonds. The van der Waals surface area contributed by atoms with Gasteiger partial charge in [0.2, 0.25) is 0 Å². The van der Waals surface area contributed by atoms with Gasteiger partial charge in [-0.2, -0.15) is 0 Å². The van der Waals surface area contributed by atoms with Crippen molar-refractivity contribution in [3.63, 3.8) is 0 Å². The van der Waals surface area contributed by atoms with Crippen LogP contribution in [-0.4, -0.2) is 5.91 Å². The number of carbonyl (C=O) groups excluding carboxylic acids is 1. The third-order valence-electron chi connectivity index (χ3n) is 4.59. The SMILES string of the molecule is Cc1cc(C)cc(N[C@H]2c3ccccc3C(=O)N2c2ccc(Cl)cc2)c1. The number of hydrogen-bond acceptors (Lipinski definition) is 2. The Hall–Kier alpha value is -2.78. The van der Waals surface area contributed by atoms with E-state index in [2.05, 4.69) is 37.4 Å². The van der Waals surface area contributed by atoms with Gasteiger partial charge in [0, 0.05) is 27.5 Å². The molecule has 1 aliphatic heterocycles. The number of aryl methyl sites for hydroxylation is 2. The van der Waals surface area contributed by atoms with Crippen molar-refractivity contribution in [1.82, 2.24) is 0 Å². The summed E-state index contributed by atoms with van der Waals surface area (Å²) in [4.78, 5) is 14.9. The molecule has 0 saturated heterocycles. The van der Waals surface area contributed by atoms with E-state index in [9.17, 15) is 4.79 Å². The number of nitrogens with one attached hydrogen (secondary N) is 1. The highest BCUT2D eigenvalue weighted by Crippen LogP contribution is 2.38. The number of benzene rings is 3. The second-order valence-electron chi connectivity index (χ2n) is 6.66. The molecule has 4 heteroatoms. The topological polar surface area (TPSA) is 32.3 Å².